The lowest BCUT2D eigenvalue weighted by Gasteiger charge is -2.30. The summed E-state index contributed by atoms with van der Waals surface area (Å²) in [5, 5.41) is 3.30. The molecule has 1 N–H and O–H groups in total. The third-order valence-corrected chi connectivity index (χ3v) is 3.25. The second-order valence-electron chi connectivity index (χ2n) is 4.43. The van der Waals surface area contributed by atoms with Crippen molar-refractivity contribution in [3.05, 3.63) is 23.9 Å². The molecule has 0 radical (unpaired) electrons. The fourth-order valence-corrected chi connectivity index (χ4v) is 2.04. The van der Waals surface area contributed by atoms with Gasteiger partial charge in [-0.3, -0.25) is 4.79 Å². The second kappa shape index (κ2) is 5.82. The highest BCUT2D eigenvalue weighted by Gasteiger charge is 2.20. The Morgan fingerprint density at radius 1 is 1.50 bits per heavy atom. The van der Waals surface area contributed by atoms with Crippen LogP contribution < -0.4 is 10.2 Å². The van der Waals surface area contributed by atoms with E-state index in [1.165, 1.54) is 0 Å². The number of nitrogens with one attached hydrogen (secondary N) is 1. The maximum absolute atomic E-state index is 12.3. The van der Waals surface area contributed by atoms with Gasteiger partial charge in [0.05, 0.1) is 5.56 Å². The third kappa shape index (κ3) is 2.61. The highest BCUT2D eigenvalue weighted by molar-refractivity contribution is 5.98. The van der Waals surface area contributed by atoms with Crippen LogP contribution in [0.15, 0.2) is 18.3 Å². The summed E-state index contributed by atoms with van der Waals surface area (Å²) in [6, 6.07) is 3.68. The molecule has 5 heteroatoms. The molecule has 98 valence electrons. The van der Waals surface area contributed by atoms with Crippen LogP contribution in [0.25, 0.3) is 0 Å². The summed E-state index contributed by atoms with van der Waals surface area (Å²) in [5.74, 6) is 0.850. The van der Waals surface area contributed by atoms with Crippen molar-refractivity contribution in [2.45, 2.75) is 6.92 Å². The molecule has 0 unspecified atom stereocenters. The Hall–Kier alpha value is -1.62. The van der Waals surface area contributed by atoms with Crippen molar-refractivity contribution in [2.24, 2.45) is 0 Å². The predicted octanol–water partition coefficient (Wildman–Crippen LogP) is 0.583. The molecule has 0 aromatic carbocycles. The quantitative estimate of drug-likeness (QED) is 0.850. The minimum Gasteiger partial charge on any atom is -0.353 e. The number of rotatable bonds is 3. The van der Waals surface area contributed by atoms with Gasteiger partial charge in [-0.25, -0.2) is 4.98 Å². The molecular weight excluding hydrogens is 228 g/mol. The summed E-state index contributed by atoms with van der Waals surface area (Å²) in [5.41, 5.74) is 0.698. The average molecular weight is 248 g/mol. The maximum atomic E-state index is 12.3. The zero-order valence-electron chi connectivity index (χ0n) is 11.0. The molecule has 2 rings (SSSR count). The zero-order valence-corrected chi connectivity index (χ0v) is 11.0. The van der Waals surface area contributed by atoms with Crippen LogP contribution in [-0.2, 0) is 0 Å². The van der Waals surface area contributed by atoms with E-state index >= 15 is 0 Å². The fourth-order valence-electron chi connectivity index (χ4n) is 2.04. The van der Waals surface area contributed by atoms with E-state index in [9.17, 15) is 4.79 Å². The van der Waals surface area contributed by atoms with Gasteiger partial charge in [0.25, 0.3) is 5.91 Å². The normalized spacial score (nSPS) is 15.6. The van der Waals surface area contributed by atoms with Crippen LogP contribution in [0.1, 0.15) is 17.3 Å². The SMILES string of the molecule is CCN(C)C(=O)c1cccnc1N1CCNCC1. The topological polar surface area (TPSA) is 48.5 Å². The van der Waals surface area contributed by atoms with E-state index < -0.39 is 0 Å². The zero-order chi connectivity index (χ0) is 13.0. The Labute approximate surface area is 108 Å². The van der Waals surface area contributed by atoms with Gasteiger partial charge in [-0.2, -0.15) is 0 Å². The molecule has 0 atom stereocenters. The monoisotopic (exact) mass is 248 g/mol. The summed E-state index contributed by atoms with van der Waals surface area (Å²) in [4.78, 5) is 20.6. The number of piperazine rings is 1. The van der Waals surface area contributed by atoms with E-state index in [4.69, 9.17) is 0 Å². The van der Waals surface area contributed by atoms with Gasteiger partial charge in [0.2, 0.25) is 0 Å². The van der Waals surface area contributed by atoms with Crippen molar-refractivity contribution < 1.29 is 4.79 Å². The summed E-state index contributed by atoms with van der Waals surface area (Å²) in [6.45, 7) is 6.34. The van der Waals surface area contributed by atoms with E-state index in [1.807, 2.05) is 26.1 Å². The Morgan fingerprint density at radius 2 is 2.22 bits per heavy atom. The van der Waals surface area contributed by atoms with Crippen molar-refractivity contribution in [2.75, 3.05) is 44.7 Å². The number of amides is 1. The number of carbonyl (C=O) groups is 1. The number of pyridine rings is 1. The first-order valence-corrected chi connectivity index (χ1v) is 6.40. The molecule has 1 amide bonds. The van der Waals surface area contributed by atoms with E-state index in [2.05, 4.69) is 15.2 Å². The molecule has 1 aromatic rings. The predicted molar refractivity (Wildman–Crippen MR) is 72.0 cm³/mol. The molecule has 18 heavy (non-hydrogen) atoms. The largest absolute Gasteiger partial charge is 0.353 e. The summed E-state index contributed by atoms with van der Waals surface area (Å²) >= 11 is 0. The number of carbonyl (C=O) groups excluding carboxylic acids is 1. The van der Waals surface area contributed by atoms with Crippen LogP contribution >= 0.6 is 0 Å². The molecule has 1 aromatic heterocycles. The standard InChI is InChI=1S/C13H20N4O/c1-3-16(2)13(18)11-5-4-6-15-12(11)17-9-7-14-8-10-17/h4-6,14H,3,7-10H2,1-2H3. The molecule has 0 spiro atoms. The van der Waals surface area contributed by atoms with Crippen molar-refractivity contribution >= 4 is 11.7 Å². The second-order valence-corrected chi connectivity index (χ2v) is 4.43. The van der Waals surface area contributed by atoms with Crippen LogP contribution in [0.3, 0.4) is 0 Å². The molecule has 5 nitrogen and oxygen atoms in total. The highest BCUT2D eigenvalue weighted by atomic mass is 16.2. The first kappa shape index (κ1) is 12.8. The molecule has 2 heterocycles. The van der Waals surface area contributed by atoms with E-state index in [1.54, 1.807) is 11.1 Å². The van der Waals surface area contributed by atoms with Gasteiger partial charge in [0.15, 0.2) is 0 Å². The average Bonchev–Trinajstić information content (AvgIpc) is 2.46. The van der Waals surface area contributed by atoms with Crippen molar-refractivity contribution in [1.82, 2.24) is 15.2 Å². The highest BCUT2D eigenvalue weighted by Crippen LogP contribution is 2.19. The van der Waals surface area contributed by atoms with Crippen LogP contribution in [0.5, 0.6) is 0 Å². The maximum Gasteiger partial charge on any atom is 0.257 e. The van der Waals surface area contributed by atoms with Crippen LogP contribution in [0.4, 0.5) is 5.82 Å². The molecule has 0 aliphatic carbocycles. The molecule has 0 saturated carbocycles. The Kier molecular flexibility index (Phi) is 4.15. The third-order valence-electron chi connectivity index (χ3n) is 3.25. The first-order valence-electron chi connectivity index (χ1n) is 6.40. The van der Waals surface area contributed by atoms with Gasteiger partial charge in [0, 0.05) is 46.0 Å². The first-order chi connectivity index (χ1) is 8.74. The fraction of sp³-hybridized carbons (Fsp3) is 0.538. The molecule has 1 aliphatic rings. The summed E-state index contributed by atoms with van der Waals surface area (Å²) in [6.07, 6.45) is 1.75. The molecule has 1 aliphatic heterocycles. The minimum atomic E-state index is 0.0409. The smallest absolute Gasteiger partial charge is 0.257 e. The van der Waals surface area contributed by atoms with Gasteiger partial charge in [0.1, 0.15) is 5.82 Å². The van der Waals surface area contributed by atoms with Crippen LogP contribution in [-0.4, -0.2) is 55.6 Å². The molecular formula is C13H20N4O. The van der Waals surface area contributed by atoms with Gasteiger partial charge < -0.3 is 15.1 Å². The van der Waals surface area contributed by atoms with Gasteiger partial charge in [-0.1, -0.05) is 0 Å². The lowest BCUT2D eigenvalue weighted by Crippen LogP contribution is -2.44. The van der Waals surface area contributed by atoms with Crippen LogP contribution in [0, 0.1) is 0 Å². The number of aromatic nitrogens is 1. The van der Waals surface area contributed by atoms with Gasteiger partial charge in [-0.15, -0.1) is 0 Å². The van der Waals surface area contributed by atoms with Gasteiger partial charge >= 0.3 is 0 Å². The van der Waals surface area contributed by atoms with E-state index in [0.717, 1.165) is 32.0 Å². The minimum absolute atomic E-state index is 0.0409. The summed E-state index contributed by atoms with van der Waals surface area (Å²) in [7, 11) is 1.82. The van der Waals surface area contributed by atoms with Crippen LogP contribution in [0.2, 0.25) is 0 Å². The Bertz CT molecular complexity index is 415. The van der Waals surface area contributed by atoms with Crippen molar-refractivity contribution in [3.8, 4) is 0 Å². The van der Waals surface area contributed by atoms with E-state index in [0.29, 0.717) is 12.1 Å². The Morgan fingerprint density at radius 3 is 2.89 bits per heavy atom. The lowest BCUT2D eigenvalue weighted by atomic mass is 10.2. The van der Waals surface area contributed by atoms with E-state index in [-0.39, 0.29) is 5.91 Å². The van der Waals surface area contributed by atoms with Crippen molar-refractivity contribution in [3.63, 3.8) is 0 Å². The number of anilines is 1. The van der Waals surface area contributed by atoms with Gasteiger partial charge in [-0.05, 0) is 19.1 Å². The number of hydrogen-bond donors (Lipinski definition) is 1. The number of nitrogens with zero attached hydrogens (tertiary/aromatic N) is 3. The lowest BCUT2D eigenvalue weighted by molar-refractivity contribution is 0.0802. The number of hydrogen-bond acceptors (Lipinski definition) is 4. The molecule has 1 saturated heterocycles. The summed E-state index contributed by atoms with van der Waals surface area (Å²) < 4.78 is 0. The molecule has 0 bridgehead atoms. The molecule has 1 fully saturated rings. The Balaban J connectivity index is 2.27. The van der Waals surface area contributed by atoms with Crippen molar-refractivity contribution in [1.29, 1.82) is 0 Å².